The molecule has 0 bridgehead atoms. The molecule has 0 aromatic heterocycles. The summed E-state index contributed by atoms with van der Waals surface area (Å²) >= 11 is 2.32. The smallest absolute Gasteiger partial charge is 0.202 e. The molecule has 13 heavy (non-hydrogen) atoms. The van der Waals surface area contributed by atoms with Crippen molar-refractivity contribution >= 4 is 32.8 Å². The number of nitrogens with zero attached hydrogens (tertiary/aromatic N) is 1. The Morgan fingerprint density at radius 3 is 2.31 bits per heavy atom. The Hall–Kier alpha value is 0.600. The maximum atomic E-state index is 11.2. The number of nitrogens with one attached hydrogen (secondary N) is 1. The highest BCUT2D eigenvalue weighted by Gasteiger charge is 2.10. The number of halogens is 1. The second-order valence-corrected chi connectivity index (χ2v) is 5.98. The van der Waals surface area contributed by atoms with Crippen molar-refractivity contribution in [1.29, 1.82) is 0 Å². The minimum atomic E-state index is -3.20. The van der Waals surface area contributed by atoms with Gasteiger partial charge in [0.25, 0.3) is 10.2 Å². The standard InChI is InChI=1S/C7H17IN2O2S/c1-10(2)13(11,12)9-7-5-3-4-6-8/h9H,3-7H2,1-2H3. The highest BCUT2D eigenvalue weighted by molar-refractivity contribution is 14.1. The lowest BCUT2D eigenvalue weighted by Gasteiger charge is -2.11. The van der Waals surface area contributed by atoms with Gasteiger partial charge in [-0.2, -0.15) is 12.7 Å². The van der Waals surface area contributed by atoms with Crippen molar-refractivity contribution in [3.05, 3.63) is 0 Å². The number of unbranched alkanes of at least 4 members (excludes halogenated alkanes) is 2. The van der Waals surface area contributed by atoms with Crippen molar-refractivity contribution in [3.8, 4) is 0 Å². The van der Waals surface area contributed by atoms with E-state index in [9.17, 15) is 8.42 Å². The third kappa shape index (κ3) is 6.64. The molecule has 0 aliphatic carbocycles. The van der Waals surface area contributed by atoms with E-state index in [1.165, 1.54) is 18.4 Å². The van der Waals surface area contributed by atoms with Gasteiger partial charge < -0.3 is 0 Å². The fourth-order valence-corrected chi connectivity index (χ4v) is 1.93. The van der Waals surface area contributed by atoms with Crippen molar-refractivity contribution < 1.29 is 8.42 Å². The summed E-state index contributed by atoms with van der Waals surface area (Å²) in [5.74, 6) is 0. The van der Waals surface area contributed by atoms with Gasteiger partial charge in [0.05, 0.1) is 0 Å². The fraction of sp³-hybridized carbons (Fsp3) is 1.00. The third-order valence-corrected chi connectivity index (χ3v) is 3.87. The third-order valence-electron chi connectivity index (χ3n) is 1.58. The van der Waals surface area contributed by atoms with Gasteiger partial charge in [-0.15, -0.1) is 0 Å². The Balaban J connectivity index is 3.53. The lowest BCUT2D eigenvalue weighted by Crippen LogP contribution is -2.36. The van der Waals surface area contributed by atoms with Crippen molar-refractivity contribution in [3.63, 3.8) is 0 Å². The lowest BCUT2D eigenvalue weighted by atomic mass is 10.3. The average molecular weight is 320 g/mol. The van der Waals surface area contributed by atoms with Gasteiger partial charge in [-0.3, -0.25) is 0 Å². The van der Waals surface area contributed by atoms with Crippen LogP contribution in [0.2, 0.25) is 0 Å². The highest BCUT2D eigenvalue weighted by Crippen LogP contribution is 1.98. The molecule has 0 atom stereocenters. The molecule has 1 N–H and O–H groups in total. The number of hydrogen-bond acceptors (Lipinski definition) is 2. The topological polar surface area (TPSA) is 49.4 Å². The minimum absolute atomic E-state index is 0.539. The molecule has 0 aromatic carbocycles. The van der Waals surface area contributed by atoms with Crippen LogP contribution >= 0.6 is 22.6 Å². The van der Waals surface area contributed by atoms with E-state index in [1.807, 2.05) is 0 Å². The van der Waals surface area contributed by atoms with Crippen LogP contribution in [-0.2, 0) is 10.2 Å². The molecule has 0 rings (SSSR count). The van der Waals surface area contributed by atoms with Gasteiger partial charge >= 0.3 is 0 Å². The summed E-state index contributed by atoms with van der Waals surface area (Å²) < 4.78 is 27.2. The summed E-state index contributed by atoms with van der Waals surface area (Å²) in [7, 11) is -0.162. The summed E-state index contributed by atoms with van der Waals surface area (Å²) in [5.41, 5.74) is 0. The van der Waals surface area contributed by atoms with Crippen molar-refractivity contribution in [2.75, 3.05) is 25.1 Å². The molecule has 80 valence electrons. The van der Waals surface area contributed by atoms with E-state index in [-0.39, 0.29) is 0 Å². The Bertz CT molecular complexity index is 217. The van der Waals surface area contributed by atoms with Gasteiger partial charge in [-0.1, -0.05) is 29.0 Å². The van der Waals surface area contributed by atoms with Crippen LogP contribution < -0.4 is 4.72 Å². The van der Waals surface area contributed by atoms with Gasteiger partial charge in [0, 0.05) is 20.6 Å². The molecule has 0 aliphatic heterocycles. The van der Waals surface area contributed by atoms with Crippen LogP contribution in [0.25, 0.3) is 0 Å². The van der Waals surface area contributed by atoms with Crippen LogP contribution in [-0.4, -0.2) is 37.8 Å². The van der Waals surface area contributed by atoms with Crippen LogP contribution in [0.4, 0.5) is 0 Å². The molecule has 0 unspecified atom stereocenters. The van der Waals surface area contributed by atoms with E-state index in [0.29, 0.717) is 6.54 Å². The van der Waals surface area contributed by atoms with E-state index in [0.717, 1.165) is 23.7 Å². The monoisotopic (exact) mass is 320 g/mol. The van der Waals surface area contributed by atoms with E-state index >= 15 is 0 Å². The maximum absolute atomic E-state index is 11.2. The van der Waals surface area contributed by atoms with E-state index in [1.54, 1.807) is 0 Å². The molecule has 0 spiro atoms. The zero-order valence-corrected chi connectivity index (χ0v) is 11.1. The summed E-state index contributed by atoms with van der Waals surface area (Å²) in [6.45, 7) is 0.539. The Morgan fingerprint density at radius 1 is 1.23 bits per heavy atom. The fourth-order valence-electron chi connectivity index (χ4n) is 0.727. The zero-order valence-electron chi connectivity index (χ0n) is 8.09. The van der Waals surface area contributed by atoms with Gasteiger partial charge in [-0.25, -0.2) is 4.72 Å². The summed E-state index contributed by atoms with van der Waals surface area (Å²) in [6.07, 6.45) is 3.15. The van der Waals surface area contributed by atoms with Gasteiger partial charge in [0.2, 0.25) is 0 Å². The highest BCUT2D eigenvalue weighted by atomic mass is 127. The quantitative estimate of drug-likeness (QED) is 0.432. The van der Waals surface area contributed by atoms with E-state index in [2.05, 4.69) is 27.3 Å². The van der Waals surface area contributed by atoms with Crippen LogP contribution in [0.1, 0.15) is 19.3 Å². The number of alkyl halides is 1. The zero-order chi connectivity index (χ0) is 10.3. The summed E-state index contributed by atoms with van der Waals surface area (Å²) in [5, 5.41) is 0. The van der Waals surface area contributed by atoms with E-state index < -0.39 is 10.2 Å². The molecule has 0 aromatic rings. The Morgan fingerprint density at radius 2 is 1.85 bits per heavy atom. The predicted molar refractivity (Wildman–Crippen MR) is 63.3 cm³/mol. The first-order chi connectivity index (χ1) is 6.00. The minimum Gasteiger partial charge on any atom is -0.202 e. The predicted octanol–water partition coefficient (Wildman–Crippen LogP) is 0.988. The molecule has 4 nitrogen and oxygen atoms in total. The summed E-state index contributed by atoms with van der Waals surface area (Å²) in [4.78, 5) is 0. The van der Waals surface area contributed by atoms with Crippen LogP contribution in [0.5, 0.6) is 0 Å². The molecule has 0 saturated carbocycles. The molecule has 0 saturated heterocycles. The molecular weight excluding hydrogens is 303 g/mol. The number of hydrogen-bond donors (Lipinski definition) is 1. The van der Waals surface area contributed by atoms with Gasteiger partial charge in [0.1, 0.15) is 0 Å². The van der Waals surface area contributed by atoms with Gasteiger partial charge in [-0.05, 0) is 17.3 Å². The van der Waals surface area contributed by atoms with E-state index in [4.69, 9.17) is 0 Å². The van der Waals surface area contributed by atoms with Crippen LogP contribution in [0, 0.1) is 0 Å². The molecular formula is C7H17IN2O2S. The van der Waals surface area contributed by atoms with Crippen molar-refractivity contribution in [2.45, 2.75) is 19.3 Å². The molecule has 0 heterocycles. The Labute approximate surface area is 94.4 Å². The van der Waals surface area contributed by atoms with Crippen LogP contribution in [0.15, 0.2) is 0 Å². The SMILES string of the molecule is CN(C)S(=O)(=O)NCCCCCI. The first-order valence-corrected chi connectivity index (χ1v) is 7.20. The second kappa shape index (κ2) is 6.97. The molecule has 0 fully saturated rings. The van der Waals surface area contributed by atoms with Gasteiger partial charge in [0.15, 0.2) is 0 Å². The number of rotatable bonds is 7. The van der Waals surface area contributed by atoms with Crippen LogP contribution in [0.3, 0.4) is 0 Å². The van der Waals surface area contributed by atoms with Crippen molar-refractivity contribution in [2.24, 2.45) is 0 Å². The molecule has 6 heteroatoms. The molecule has 0 aliphatic rings. The second-order valence-electron chi connectivity index (χ2n) is 2.93. The maximum Gasteiger partial charge on any atom is 0.278 e. The summed E-state index contributed by atoms with van der Waals surface area (Å²) in [6, 6.07) is 0. The van der Waals surface area contributed by atoms with Crippen molar-refractivity contribution in [1.82, 2.24) is 9.03 Å². The first-order valence-electron chi connectivity index (χ1n) is 4.24. The first kappa shape index (κ1) is 13.6. The molecule has 0 amide bonds. The Kier molecular flexibility index (Phi) is 7.29. The lowest BCUT2D eigenvalue weighted by molar-refractivity contribution is 0.503. The molecule has 0 radical (unpaired) electrons. The largest absolute Gasteiger partial charge is 0.278 e. The average Bonchev–Trinajstić information content (AvgIpc) is 2.03. The normalized spacial score (nSPS) is 12.3.